The number of likely N-dealkylation sites (N-methyl/N-ethyl adjacent to an activating group) is 1. The molecule has 2 aliphatic rings. The third kappa shape index (κ3) is 3.54. The van der Waals surface area contributed by atoms with E-state index in [1.165, 1.54) is 6.42 Å². The Balaban J connectivity index is 0.00000112. The molecule has 0 aromatic heterocycles. The van der Waals surface area contributed by atoms with Crippen molar-refractivity contribution in [2.24, 2.45) is 0 Å². The molecule has 2 N–H and O–H groups in total. The average molecular weight is 234 g/mol. The van der Waals surface area contributed by atoms with Crippen LogP contribution in [-0.2, 0) is 0 Å². The number of urea groups is 1. The van der Waals surface area contributed by atoms with E-state index in [0.717, 1.165) is 32.4 Å². The van der Waals surface area contributed by atoms with Crippen molar-refractivity contribution < 1.29 is 4.79 Å². The van der Waals surface area contributed by atoms with Crippen molar-refractivity contribution in [3.05, 3.63) is 0 Å². The Kier molecular flexibility index (Phi) is 4.67. The van der Waals surface area contributed by atoms with Crippen LogP contribution in [0.2, 0.25) is 0 Å². The third-order valence-corrected chi connectivity index (χ3v) is 3.02. The monoisotopic (exact) mass is 233 g/mol. The lowest BCUT2D eigenvalue weighted by Gasteiger charge is -2.32. The molecule has 0 aromatic carbocycles. The summed E-state index contributed by atoms with van der Waals surface area (Å²) in [6.45, 7) is 1.77. The van der Waals surface area contributed by atoms with Gasteiger partial charge >= 0.3 is 6.03 Å². The van der Waals surface area contributed by atoms with Crippen LogP contribution >= 0.6 is 12.4 Å². The Hall–Kier alpha value is -0.480. The number of likely N-dealkylation sites (tertiary alicyclic amines) is 1. The van der Waals surface area contributed by atoms with E-state index < -0.39 is 0 Å². The highest BCUT2D eigenvalue weighted by atomic mass is 35.5. The first-order valence-corrected chi connectivity index (χ1v) is 5.52. The SMILES string of the molecule is CN[C@H]1CCCN(C(=O)NC2CC2)C1.Cl. The second-order valence-corrected chi connectivity index (χ2v) is 4.30. The number of halogens is 1. The maximum atomic E-state index is 11.7. The third-order valence-electron chi connectivity index (χ3n) is 3.02. The fraction of sp³-hybridized carbons (Fsp3) is 0.900. The van der Waals surface area contributed by atoms with Gasteiger partial charge in [-0.1, -0.05) is 0 Å². The molecule has 1 saturated carbocycles. The van der Waals surface area contributed by atoms with Crippen LogP contribution in [0.15, 0.2) is 0 Å². The summed E-state index contributed by atoms with van der Waals surface area (Å²) >= 11 is 0. The van der Waals surface area contributed by atoms with E-state index in [1.807, 2.05) is 11.9 Å². The summed E-state index contributed by atoms with van der Waals surface area (Å²) in [5, 5.41) is 6.26. The lowest BCUT2D eigenvalue weighted by Crippen LogP contribution is -2.50. The zero-order valence-corrected chi connectivity index (χ0v) is 9.98. The fourth-order valence-electron chi connectivity index (χ4n) is 1.89. The second kappa shape index (κ2) is 5.56. The van der Waals surface area contributed by atoms with Crippen LogP contribution in [0.3, 0.4) is 0 Å². The first kappa shape index (κ1) is 12.6. The van der Waals surface area contributed by atoms with Gasteiger partial charge in [0, 0.05) is 25.2 Å². The minimum Gasteiger partial charge on any atom is -0.335 e. The van der Waals surface area contributed by atoms with Gasteiger partial charge in [-0.3, -0.25) is 0 Å². The van der Waals surface area contributed by atoms with Gasteiger partial charge in [-0.2, -0.15) is 0 Å². The van der Waals surface area contributed by atoms with Gasteiger partial charge < -0.3 is 15.5 Å². The Bertz CT molecular complexity index is 221. The van der Waals surface area contributed by atoms with Crippen molar-refractivity contribution in [1.29, 1.82) is 0 Å². The lowest BCUT2D eigenvalue weighted by molar-refractivity contribution is 0.174. The second-order valence-electron chi connectivity index (χ2n) is 4.30. The zero-order chi connectivity index (χ0) is 9.97. The van der Waals surface area contributed by atoms with Crippen LogP contribution in [-0.4, -0.2) is 43.2 Å². The number of hydrogen-bond acceptors (Lipinski definition) is 2. The molecule has 1 saturated heterocycles. The maximum Gasteiger partial charge on any atom is 0.317 e. The number of amides is 2. The molecule has 5 heteroatoms. The van der Waals surface area contributed by atoms with Crippen molar-refractivity contribution in [2.75, 3.05) is 20.1 Å². The van der Waals surface area contributed by atoms with Crippen LogP contribution in [0.4, 0.5) is 4.79 Å². The average Bonchev–Trinajstić information content (AvgIpc) is 3.02. The Morgan fingerprint density at radius 3 is 2.60 bits per heavy atom. The molecule has 1 aliphatic carbocycles. The zero-order valence-electron chi connectivity index (χ0n) is 9.16. The highest BCUT2D eigenvalue weighted by Gasteiger charge is 2.28. The summed E-state index contributed by atoms with van der Waals surface area (Å²) in [6.07, 6.45) is 4.62. The largest absolute Gasteiger partial charge is 0.335 e. The summed E-state index contributed by atoms with van der Waals surface area (Å²) in [7, 11) is 1.97. The summed E-state index contributed by atoms with van der Waals surface area (Å²) in [4.78, 5) is 13.6. The van der Waals surface area contributed by atoms with Gasteiger partial charge in [0.15, 0.2) is 0 Å². The Labute approximate surface area is 97.2 Å². The van der Waals surface area contributed by atoms with E-state index in [4.69, 9.17) is 0 Å². The molecule has 0 radical (unpaired) electrons. The number of rotatable bonds is 2. The molecular formula is C10H20ClN3O. The minimum absolute atomic E-state index is 0. The van der Waals surface area contributed by atoms with Gasteiger partial charge in [-0.25, -0.2) is 4.79 Å². The first-order valence-electron chi connectivity index (χ1n) is 5.52. The van der Waals surface area contributed by atoms with Gasteiger partial charge in [-0.15, -0.1) is 12.4 Å². The molecule has 0 bridgehead atoms. The van der Waals surface area contributed by atoms with E-state index >= 15 is 0 Å². The van der Waals surface area contributed by atoms with E-state index in [9.17, 15) is 4.79 Å². The summed E-state index contributed by atoms with van der Waals surface area (Å²) in [5.41, 5.74) is 0. The fourth-order valence-corrected chi connectivity index (χ4v) is 1.89. The topological polar surface area (TPSA) is 44.4 Å². The van der Waals surface area contributed by atoms with Gasteiger partial charge in [0.05, 0.1) is 0 Å². The normalized spacial score (nSPS) is 25.7. The highest BCUT2D eigenvalue weighted by molar-refractivity contribution is 5.85. The summed E-state index contributed by atoms with van der Waals surface area (Å²) < 4.78 is 0. The molecule has 88 valence electrons. The van der Waals surface area contributed by atoms with Crippen LogP contribution in [0.1, 0.15) is 25.7 Å². The highest BCUT2D eigenvalue weighted by Crippen LogP contribution is 2.19. The number of piperidine rings is 1. The number of carbonyl (C=O) groups is 1. The molecule has 0 spiro atoms. The molecule has 2 amide bonds. The molecule has 2 rings (SSSR count). The predicted molar refractivity (Wildman–Crippen MR) is 62.5 cm³/mol. The number of hydrogen-bond donors (Lipinski definition) is 2. The van der Waals surface area contributed by atoms with Crippen LogP contribution < -0.4 is 10.6 Å². The maximum absolute atomic E-state index is 11.7. The van der Waals surface area contributed by atoms with Crippen LogP contribution in [0.5, 0.6) is 0 Å². The minimum atomic E-state index is 0. The molecule has 1 heterocycles. The summed E-state index contributed by atoms with van der Waals surface area (Å²) in [5.74, 6) is 0. The van der Waals surface area contributed by atoms with E-state index in [2.05, 4.69) is 10.6 Å². The number of nitrogens with zero attached hydrogens (tertiary/aromatic N) is 1. The number of nitrogens with one attached hydrogen (secondary N) is 2. The molecule has 1 atom stereocenters. The quantitative estimate of drug-likeness (QED) is 0.747. The lowest BCUT2D eigenvalue weighted by atomic mass is 10.1. The molecule has 2 fully saturated rings. The Morgan fingerprint density at radius 1 is 1.27 bits per heavy atom. The molecule has 0 aromatic rings. The number of carbonyl (C=O) groups excluding carboxylic acids is 1. The smallest absolute Gasteiger partial charge is 0.317 e. The standard InChI is InChI=1S/C10H19N3O.ClH/c1-11-9-3-2-6-13(7-9)10(14)12-8-4-5-8;/h8-9,11H,2-7H2,1H3,(H,12,14);1H/t9-;/m0./s1. The van der Waals surface area contributed by atoms with E-state index in [0.29, 0.717) is 12.1 Å². The van der Waals surface area contributed by atoms with Crippen molar-refractivity contribution in [1.82, 2.24) is 15.5 Å². The van der Waals surface area contributed by atoms with Gasteiger partial charge in [0.1, 0.15) is 0 Å². The summed E-state index contributed by atoms with van der Waals surface area (Å²) in [6, 6.07) is 1.08. The van der Waals surface area contributed by atoms with Gasteiger partial charge in [0.25, 0.3) is 0 Å². The molecule has 4 nitrogen and oxygen atoms in total. The first-order chi connectivity index (χ1) is 6.79. The van der Waals surface area contributed by atoms with Crippen molar-refractivity contribution in [2.45, 2.75) is 37.8 Å². The van der Waals surface area contributed by atoms with Crippen LogP contribution in [0.25, 0.3) is 0 Å². The van der Waals surface area contributed by atoms with Crippen LogP contribution in [0, 0.1) is 0 Å². The van der Waals surface area contributed by atoms with Crippen molar-refractivity contribution in [3.63, 3.8) is 0 Å². The van der Waals surface area contributed by atoms with Gasteiger partial charge in [-0.05, 0) is 32.7 Å². The molecule has 1 aliphatic heterocycles. The molecular weight excluding hydrogens is 214 g/mol. The van der Waals surface area contributed by atoms with Crippen molar-refractivity contribution >= 4 is 18.4 Å². The molecule has 0 unspecified atom stereocenters. The van der Waals surface area contributed by atoms with E-state index in [-0.39, 0.29) is 18.4 Å². The Morgan fingerprint density at radius 2 is 2.00 bits per heavy atom. The van der Waals surface area contributed by atoms with Crippen molar-refractivity contribution in [3.8, 4) is 0 Å². The van der Waals surface area contributed by atoms with Gasteiger partial charge in [0.2, 0.25) is 0 Å². The predicted octanol–water partition coefficient (Wildman–Crippen LogP) is 0.964. The van der Waals surface area contributed by atoms with E-state index in [1.54, 1.807) is 0 Å². The molecule has 15 heavy (non-hydrogen) atoms.